The zero-order valence-corrected chi connectivity index (χ0v) is 22.0. The third-order valence-electron chi connectivity index (χ3n) is 6.40. The summed E-state index contributed by atoms with van der Waals surface area (Å²) < 4.78 is 19.4. The molecule has 4 N–H and O–H groups in total. The van der Waals surface area contributed by atoms with E-state index >= 15 is 0 Å². The number of benzene rings is 2. The van der Waals surface area contributed by atoms with Gasteiger partial charge in [-0.3, -0.25) is 9.69 Å². The Morgan fingerprint density at radius 2 is 1.97 bits per heavy atom. The summed E-state index contributed by atoms with van der Waals surface area (Å²) in [6.45, 7) is 10.5. The van der Waals surface area contributed by atoms with Crippen molar-refractivity contribution in [2.24, 2.45) is 5.73 Å². The van der Waals surface area contributed by atoms with E-state index in [0.717, 1.165) is 63.5 Å². The maximum absolute atomic E-state index is 14.2. The van der Waals surface area contributed by atoms with E-state index in [4.69, 9.17) is 38.5 Å². The number of halogens is 3. The minimum atomic E-state index is -0.486. The molecule has 2 aromatic rings. The lowest BCUT2D eigenvalue weighted by Gasteiger charge is -2.26. The smallest absolute Gasteiger partial charge is 0.211 e. The number of hydrogen-bond donors (Lipinski definition) is 3. The van der Waals surface area contributed by atoms with Crippen molar-refractivity contribution in [2.75, 3.05) is 51.3 Å². The first-order valence-corrected chi connectivity index (χ1v) is 12.7. The van der Waals surface area contributed by atoms with Gasteiger partial charge in [0.2, 0.25) is 6.41 Å². The van der Waals surface area contributed by atoms with E-state index in [1.54, 1.807) is 0 Å². The Morgan fingerprint density at radius 1 is 1.25 bits per heavy atom. The summed E-state index contributed by atoms with van der Waals surface area (Å²) in [7, 11) is 0. The van der Waals surface area contributed by atoms with Crippen molar-refractivity contribution in [3.63, 3.8) is 0 Å². The van der Waals surface area contributed by atoms with E-state index in [-0.39, 0.29) is 22.9 Å². The van der Waals surface area contributed by atoms with Gasteiger partial charge in [-0.2, -0.15) is 0 Å². The summed E-state index contributed by atoms with van der Waals surface area (Å²) in [6, 6.07) is 10.8. The van der Waals surface area contributed by atoms with Gasteiger partial charge in [0.25, 0.3) is 0 Å². The number of carbonyl (C=O) groups is 2. The van der Waals surface area contributed by atoms with Gasteiger partial charge in [-0.1, -0.05) is 42.3 Å². The van der Waals surface area contributed by atoms with Crippen molar-refractivity contribution < 1.29 is 18.7 Å². The number of amides is 1. The Balaban J connectivity index is 0.000000347. The molecule has 2 unspecified atom stereocenters. The molecule has 0 saturated carbocycles. The van der Waals surface area contributed by atoms with Crippen LogP contribution in [0.15, 0.2) is 36.4 Å². The molecule has 0 bridgehead atoms. The summed E-state index contributed by atoms with van der Waals surface area (Å²) in [5.74, 6) is -0.367. The highest BCUT2D eigenvalue weighted by Crippen LogP contribution is 2.44. The Bertz CT molecular complexity index is 960. The molecule has 0 aromatic heterocycles. The largest absolute Gasteiger partial charge is 0.379 e. The maximum atomic E-state index is 14.2. The summed E-state index contributed by atoms with van der Waals surface area (Å²) in [4.78, 5) is 21.3. The molecule has 2 heterocycles. The first kappa shape index (κ1) is 30.2. The minimum absolute atomic E-state index is 0.00215. The Labute approximate surface area is 222 Å². The average Bonchev–Trinajstić information content (AvgIpc) is 3.33. The highest BCUT2D eigenvalue weighted by Gasteiger charge is 2.38. The molecule has 2 aliphatic rings. The molecule has 0 radical (unpaired) electrons. The van der Waals surface area contributed by atoms with Gasteiger partial charge in [-0.25, -0.2) is 4.39 Å². The molecule has 2 aromatic carbocycles. The van der Waals surface area contributed by atoms with E-state index < -0.39 is 5.82 Å². The molecule has 36 heavy (non-hydrogen) atoms. The second kappa shape index (κ2) is 15.9. The number of ether oxygens (including phenoxy) is 1. The van der Waals surface area contributed by atoms with Crippen LogP contribution in [0.5, 0.6) is 0 Å². The monoisotopic (exact) mass is 540 g/mol. The molecule has 0 spiro atoms. The molecule has 7 nitrogen and oxygen atoms in total. The third-order valence-corrected chi connectivity index (χ3v) is 6.92. The molecular weight excluding hydrogens is 506 g/mol. The lowest BCUT2D eigenvalue weighted by atomic mass is 9.79. The van der Waals surface area contributed by atoms with Gasteiger partial charge in [0.1, 0.15) is 12.6 Å². The molecule has 2 fully saturated rings. The van der Waals surface area contributed by atoms with Crippen LogP contribution in [0.25, 0.3) is 0 Å². The van der Waals surface area contributed by atoms with Crippen molar-refractivity contribution in [3.05, 3.63) is 63.4 Å². The highest BCUT2D eigenvalue weighted by atomic mass is 35.5. The number of nitrogens with two attached hydrogens (primary N) is 1. The quantitative estimate of drug-likeness (QED) is 0.458. The molecule has 0 aliphatic carbocycles. The first-order chi connectivity index (χ1) is 17.5. The van der Waals surface area contributed by atoms with Crippen molar-refractivity contribution >= 4 is 42.1 Å². The van der Waals surface area contributed by atoms with E-state index in [2.05, 4.69) is 22.5 Å². The van der Waals surface area contributed by atoms with E-state index in [9.17, 15) is 9.18 Å². The van der Waals surface area contributed by atoms with Gasteiger partial charge in [-0.05, 0) is 41.8 Å². The number of rotatable bonds is 7. The normalized spacial score (nSPS) is 21.5. The van der Waals surface area contributed by atoms with Gasteiger partial charge in [-0.15, -0.1) is 0 Å². The van der Waals surface area contributed by atoms with Crippen LogP contribution in [0, 0.1) is 5.82 Å². The van der Waals surface area contributed by atoms with E-state index in [1.807, 2.05) is 31.1 Å². The zero-order valence-electron chi connectivity index (χ0n) is 20.5. The molecule has 198 valence electrons. The first-order valence-electron chi connectivity index (χ1n) is 12.0. The standard InChI is InChI=1S/C19H19Cl2FN2O.C6H14N2O.CH2O/c1-2-17-19(13-7-16(22)15(21)8-18(13)24-10-25)14(9-23-17)11-4-3-5-12(20)6-11;7-1-2-8-3-5-9-6-4-8;1-2/h3-8,10,14,17,19,23H,2,9H2,1H3,(H,24,25);1-7H2;1H2/t14?,17-,19?;;/m1../s1. The minimum Gasteiger partial charge on any atom is -0.379 e. The Hall–Kier alpha value is -2.07. The molecule has 2 aliphatic heterocycles. The fourth-order valence-corrected chi connectivity index (χ4v) is 5.10. The third kappa shape index (κ3) is 8.23. The van der Waals surface area contributed by atoms with E-state index in [1.165, 1.54) is 12.1 Å². The van der Waals surface area contributed by atoms with Gasteiger partial charge in [0, 0.05) is 61.3 Å². The summed E-state index contributed by atoms with van der Waals surface area (Å²) >= 11 is 12.1. The van der Waals surface area contributed by atoms with Crippen LogP contribution < -0.4 is 16.4 Å². The van der Waals surface area contributed by atoms with Crippen LogP contribution in [-0.4, -0.2) is 70.1 Å². The average molecular weight is 541 g/mol. The number of morpholine rings is 1. The predicted octanol–water partition coefficient (Wildman–Crippen LogP) is 4.04. The number of hydrogen-bond acceptors (Lipinski definition) is 6. The second-order valence-corrected chi connectivity index (χ2v) is 9.31. The molecule has 2 saturated heterocycles. The van der Waals surface area contributed by atoms with Crippen LogP contribution in [0.2, 0.25) is 10.0 Å². The number of nitrogens with zero attached hydrogens (tertiary/aromatic N) is 1. The Kier molecular flexibility index (Phi) is 13.3. The fraction of sp³-hybridized carbons (Fsp3) is 0.462. The summed E-state index contributed by atoms with van der Waals surface area (Å²) in [5.41, 5.74) is 7.76. The molecule has 3 atom stereocenters. The van der Waals surface area contributed by atoms with Gasteiger partial charge >= 0.3 is 0 Å². The molecule has 10 heteroatoms. The van der Waals surface area contributed by atoms with Gasteiger partial charge < -0.3 is 25.9 Å². The van der Waals surface area contributed by atoms with Crippen molar-refractivity contribution in [2.45, 2.75) is 31.2 Å². The second-order valence-electron chi connectivity index (χ2n) is 8.47. The van der Waals surface area contributed by atoms with Gasteiger partial charge in [0.05, 0.1) is 18.2 Å². The van der Waals surface area contributed by atoms with Crippen molar-refractivity contribution in [1.82, 2.24) is 10.2 Å². The van der Waals surface area contributed by atoms with Gasteiger partial charge in [0.15, 0.2) is 0 Å². The van der Waals surface area contributed by atoms with Crippen molar-refractivity contribution in [1.29, 1.82) is 0 Å². The number of carbonyl (C=O) groups excluding carboxylic acids is 2. The lowest BCUT2D eigenvalue weighted by Crippen LogP contribution is -2.39. The SMILES string of the molecule is C=O.CC[C@H]1NCC(c2cccc(Cl)c2)C1c1cc(F)c(Cl)cc1NC=O.NCCN1CCOCC1. The molecule has 1 amide bonds. The fourth-order valence-electron chi connectivity index (χ4n) is 4.74. The van der Waals surface area contributed by atoms with Crippen LogP contribution in [0.4, 0.5) is 10.1 Å². The Morgan fingerprint density at radius 3 is 2.58 bits per heavy atom. The number of nitrogens with one attached hydrogen (secondary N) is 2. The summed E-state index contributed by atoms with van der Waals surface area (Å²) in [5, 5.41) is 6.84. The summed E-state index contributed by atoms with van der Waals surface area (Å²) in [6.07, 6.45) is 1.47. The van der Waals surface area contributed by atoms with Crippen LogP contribution >= 0.6 is 23.2 Å². The number of anilines is 1. The maximum Gasteiger partial charge on any atom is 0.211 e. The zero-order chi connectivity index (χ0) is 26.5. The van der Waals surface area contributed by atoms with Crippen LogP contribution in [0.3, 0.4) is 0 Å². The lowest BCUT2D eigenvalue weighted by molar-refractivity contribution is -0.105. The van der Waals surface area contributed by atoms with Crippen molar-refractivity contribution in [3.8, 4) is 0 Å². The molecular formula is C26H35Cl2FN4O3. The predicted molar refractivity (Wildman–Crippen MR) is 144 cm³/mol. The van der Waals surface area contributed by atoms with Crippen LogP contribution in [0.1, 0.15) is 36.3 Å². The molecule has 4 rings (SSSR count). The highest BCUT2D eigenvalue weighted by molar-refractivity contribution is 6.31. The van der Waals surface area contributed by atoms with Crippen LogP contribution in [-0.2, 0) is 14.3 Å². The topological polar surface area (TPSA) is 96.7 Å². The van der Waals surface area contributed by atoms with E-state index in [0.29, 0.717) is 17.1 Å².